The molecule has 0 bridgehead atoms. The summed E-state index contributed by atoms with van der Waals surface area (Å²) in [5, 5.41) is 8.54. The van der Waals surface area contributed by atoms with Gasteiger partial charge in [-0.15, -0.1) is 0 Å². The predicted molar refractivity (Wildman–Crippen MR) is 94.9 cm³/mol. The second-order valence-electron chi connectivity index (χ2n) is 5.99. The van der Waals surface area contributed by atoms with Crippen LogP contribution in [0.4, 0.5) is 0 Å². The molecule has 0 heterocycles. The Bertz CT molecular complexity index is 274. The zero-order valence-corrected chi connectivity index (χ0v) is 18.3. The third kappa shape index (κ3) is 34.1. The Kier molecular flexibility index (Phi) is 29.0. The Morgan fingerprint density at radius 1 is 0.609 bits per heavy atom. The van der Waals surface area contributed by atoms with Crippen molar-refractivity contribution in [1.29, 1.82) is 0 Å². The van der Waals surface area contributed by atoms with E-state index in [4.69, 9.17) is 0 Å². The third-order valence-electron chi connectivity index (χ3n) is 1.78. The molecule has 0 atom stereocenters. The molecule has 0 fully saturated rings. The Morgan fingerprint density at radius 2 is 0.826 bits per heavy atom. The SMILES string of the molecule is CC(=NC(C)C)[N-]C(C)C.CC(=NC(C)C)[N-]C(C)C.[Mo].[O-2].[O-2]. The van der Waals surface area contributed by atoms with Crippen molar-refractivity contribution < 1.29 is 32.0 Å². The molecule has 6 nitrogen and oxygen atoms in total. The van der Waals surface area contributed by atoms with E-state index in [1.807, 2.05) is 13.8 Å². The molecule has 0 saturated heterocycles. The molecule has 0 aromatic carbocycles. The average Bonchev–Trinajstić information content (AvgIpc) is 2.11. The van der Waals surface area contributed by atoms with Crippen LogP contribution in [0.5, 0.6) is 0 Å². The van der Waals surface area contributed by atoms with Crippen LogP contribution in [0.25, 0.3) is 10.6 Å². The first-order valence-electron chi connectivity index (χ1n) is 7.55. The van der Waals surface area contributed by atoms with Crippen LogP contribution < -0.4 is 0 Å². The zero-order valence-electron chi connectivity index (χ0n) is 16.3. The van der Waals surface area contributed by atoms with Gasteiger partial charge in [0.2, 0.25) is 0 Å². The first-order valence-corrected chi connectivity index (χ1v) is 7.55. The second-order valence-corrected chi connectivity index (χ2v) is 5.99. The van der Waals surface area contributed by atoms with Gasteiger partial charge in [0, 0.05) is 21.1 Å². The molecule has 0 rings (SSSR count). The minimum Gasteiger partial charge on any atom is -2.00 e. The van der Waals surface area contributed by atoms with Crippen molar-refractivity contribution in [3.05, 3.63) is 10.6 Å². The van der Waals surface area contributed by atoms with Crippen LogP contribution in [-0.4, -0.2) is 35.8 Å². The quantitative estimate of drug-likeness (QED) is 0.355. The Balaban J connectivity index is -0.0000000831. The summed E-state index contributed by atoms with van der Waals surface area (Å²) < 4.78 is 0. The maximum atomic E-state index is 4.27. The van der Waals surface area contributed by atoms with Crippen LogP contribution in [-0.2, 0) is 32.0 Å². The summed E-state index contributed by atoms with van der Waals surface area (Å²) >= 11 is 0. The molecule has 0 spiro atoms. The summed E-state index contributed by atoms with van der Waals surface area (Å²) in [7, 11) is 0. The maximum Gasteiger partial charge on any atom is 0 e. The van der Waals surface area contributed by atoms with Crippen LogP contribution >= 0.6 is 0 Å². The third-order valence-corrected chi connectivity index (χ3v) is 1.78. The van der Waals surface area contributed by atoms with E-state index in [1.54, 1.807) is 0 Å². The minimum atomic E-state index is 0. The van der Waals surface area contributed by atoms with Gasteiger partial charge in [0.05, 0.1) is 0 Å². The molecule has 23 heavy (non-hydrogen) atoms. The van der Waals surface area contributed by atoms with Gasteiger partial charge in [-0.1, -0.05) is 67.1 Å². The average molecular weight is 410 g/mol. The summed E-state index contributed by atoms with van der Waals surface area (Å²) in [5.74, 6) is 1.81. The number of hydrogen-bond acceptors (Lipinski definition) is 2. The fourth-order valence-corrected chi connectivity index (χ4v) is 1.56. The van der Waals surface area contributed by atoms with Crippen molar-refractivity contribution in [2.75, 3.05) is 0 Å². The molecular formula is C16H34MoN4O2-6. The molecule has 0 aromatic rings. The summed E-state index contributed by atoms with van der Waals surface area (Å²) in [4.78, 5) is 8.54. The van der Waals surface area contributed by atoms with Gasteiger partial charge in [0.1, 0.15) is 0 Å². The van der Waals surface area contributed by atoms with Crippen molar-refractivity contribution in [2.24, 2.45) is 9.98 Å². The van der Waals surface area contributed by atoms with Gasteiger partial charge < -0.3 is 31.6 Å². The first-order chi connectivity index (χ1) is 9.04. The fourth-order valence-electron chi connectivity index (χ4n) is 1.56. The maximum absolute atomic E-state index is 4.27. The van der Waals surface area contributed by atoms with Gasteiger partial charge in [0.15, 0.2) is 0 Å². The van der Waals surface area contributed by atoms with Gasteiger partial charge in [0.25, 0.3) is 0 Å². The van der Waals surface area contributed by atoms with Crippen molar-refractivity contribution in [3.8, 4) is 0 Å². The predicted octanol–water partition coefficient (Wildman–Crippen LogP) is 4.95. The van der Waals surface area contributed by atoms with Gasteiger partial charge in [-0.25, -0.2) is 0 Å². The first kappa shape index (κ1) is 34.0. The Hall–Kier alpha value is -0.452. The van der Waals surface area contributed by atoms with E-state index in [9.17, 15) is 0 Å². The zero-order chi connectivity index (χ0) is 16.3. The number of hydrogen-bond donors (Lipinski definition) is 0. The smallest absolute Gasteiger partial charge is 0 e. The molecule has 0 aliphatic heterocycles. The number of amidine groups is 2. The van der Waals surface area contributed by atoms with Gasteiger partial charge in [-0.2, -0.15) is 0 Å². The Labute approximate surface area is 157 Å². The van der Waals surface area contributed by atoms with Crippen LogP contribution in [0.15, 0.2) is 9.98 Å². The number of aliphatic imine (C=N–C) groups is 2. The van der Waals surface area contributed by atoms with E-state index in [1.165, 1.54) is 0 Å². The summed E-state index contributed by atoms with van der Waals surface area (Å²) in [6.45, 7) is 20.3. The number of nitrogens with zero attached hydrogens (tertiary/aromatic N) is 4. The molecule has 142 valence electrons. The van der Waals surface area contributed by atoms with Crippen LogP contribution in [0.1, 0.15) is 69.2 Å². The topological polar surface area (TPSA) is 110 Å². The molecule has 0 aromatic heterocycles. The number of rotatable bonds is 4. The van der Waals surface area contributed by atoms with E-state index in [0.29, 0.717) is 24.2 Å². The molecule has 0 amide bonds. The molecule has 0 aliphatic rings. The van der Waals surface area contributed by atoms with E-state index in [2.05, 4.69) is 76.0 Å². The normalized spacial score (nSPS) is 11.2. The molecule has 7 heteroatoms. The van der Waals surface area contributed by atoms with Crippen molar-refractivity contribution in [1.82, 2.24) is 0 Å². The molecule has 0 radical (unpaired) electrons. The summed E-state index contributed by atoms with van der Waals surface area (Å²) in [6, 6.07) is 1.45. The molecular weight excluding hydrogens is 376 g/mol. The van der Waals surface area contributed by atoms with Crippen molar-refractivity contribution >= 4 is 11.7 Å². The van der Waals surface area contributed by atoms with E-state index in [-0.39, 0.29) is 32.0 Å². The van der Waals surface area contributed by atoms with Crippen LogP contribution in [0.3, 0.4) is 0 Å². The minimum absolute atomic E-state index is 0. The summed E-state index contributed by atoms with van der Waals surface area (Å²) in [5.41, 5.74) is 0. The van der Waals surface area contributed by atoms with E-state index < -0.39 is 0 Å². The molecule has 0 unspecified atom stereocenters. The standard InChI is InChI=1S/2C8H17N2.Mo.2O/c2*1-6(2)9-8(5)10-7(3)4;;;/h2*6-7H,1-5H3;;;/q2*-1;;2*-2. The van der Waals surface area contributed by atoms with Crippen molar-refractivity contribution in [3.63, 3.8) is 0 Å². The van der Waals surface area contributed by atoms with Gasteiger partial charge in [-0.3, -0.25) is 0 Å². The largest absolute Gasteiger partial charge is 2.00 e. The van der Waals surface area contributed by atoms with Gasteiger partial charge >= 0.3 is 0 Å². The Morgan fingerprint density at radius 3 is 0.957 bits per heavy atom. The molecule has 0 N–H and O–H groups in total. The van der Waals surface area contributed by atoms with Crippen LogP contribution in [0, 0.1) is 0 Å². The van der Waals surface area contributed by atoms with Crippen LogP contribution in [0.2, 0.25) is 0 Å². The van der Waals surface area contributed by atoms with E-state index >= 15 is 0 Å². The molecule has 0 saturated carbocycles. The molecule has 0 aliphatic carbocycles. The monoisotopic (exact) mass is 412 g/mol. The summed E-state index contributed by atoms with van der Waals surface area (Å²) in [6.07, 6.45) is 0. The second kappa shape index (κ2) is 19.6. The fraction of sp³-hybridized carbons (Fsp3) is 0.875. The van der Waals surface area contributed by atoms with E-state index in [0.717, 1.165) is 11.7 Å². The van der Waals surface area contributed by atoms with Crippen molar-refractivity contribution in [2.45, 2.75) is 93.4 Å². The van der Waals surface area contributed by atoms with Gasteiger partial charge in [-0.05, 0) is 38.0 Å².